The molecule has 0 bridgehead atoms. The molecule has 0 saturated carbocycles. The second-order valence-corrected chi connectivity index (χ2v) is 5.03. The zero-order valence-electron chi connectivity index (χ0n) is 11.1. The molecule has 5 heteroatoms. The van der Waals surface area contributed by atoms with Gasteiger partial charge < -0.3 is 9.84 Å². The van der Waals surface area contributed by atoms with Gasteiger partial charge in [0.2, 0.25) is 11.7 Å². The number of rotatable bonds is 2. The molecule has 3 heterocycles. The Labute approximate surface area is 112 Å². The molecule has 19 heavy (non-hydrogen) atoms. The molecule has 1 aliphatic rings. The summed E-state index contributed by atoms with van der Waals surface area (Å²) in [6.45, 7) is 3.05. The fraction of sp³-hybridized carbons (Fsp3) is 0.500. The smallest absolute Gasteiger partial charge is 0.244 e. The third-order valence-electron chi connectivity index (χ3n) is 3.44. The van der Waals surface area contributed by atoms with Crippen LogP contribution in [0.25, 0.3) is 11.5 Å². The van der Waals surface area contributed by atoms with Gasteiger partial charge in [-0.1, -0.05) is 18.0 Å². The van der Waals surface area contributed by atoms with Crippen LogP contribution >= 0.6 is 0 Å². The number of hydrogen-bond acceptors (Lipinski definition) is 5. The first kappa shape index (κ1) is 12.3. The minimum absolute atomic E-state index is 0.188. The predicted octanol–water partition coefficient (Wildman–Crippen LogP) is 2.64. The summed E-state index contributed by atoms with van der Waals surface area (Å²) >= 11 is 0. The second-order valence-electron chi connectivity index (χ2n) is 5.03. The van der Waals surface area contributed by atoms with Crippen LogP contribution in [-0.4, -0.2) is 21.7 Å². The number of aryl methyl sites for hydroxylation is 1. The number of hydrogen-bond donors (Lipinski definition) is 1. The molecule has 2 aromatic rings. The number of nitrogens with zero attached hydrogens (tertiary/aromatic N) is 3. The topological polar surface area (TPSA) is 63.8 Å². The lowest BCUT2D eigenvalue weighted by atomic mass is 10.1. The van der Waals surface area contributed by atoms with Crippen LogP contribution in [-0.2, 0) is 0 Å². The normalized spacial score (nSPS) is 20.2. The van der Waals surface area contributed by atoms with Crippen LogP contribution in [0, 0.1) is 6.92 Å². The average molecular weight is 258 g/mol. The summed E-state index contributed by atoms with van der Waals surface area (Å²) in [5.74, 6) is 1.25. The quantitative estimate of drug-likeness (QED) is 0.897. The largest absolute Gasteiger partial charge is 0.337 e. The van der Waals surface area contributed by atoms with E-state index in [0.717, 1.165) is 24.2 Å². The van der Waals surface area contributed by atoms with Crippen molar-refractivity contribution in [2.45, 2.75) is 38.6 Å². The molecule has 1 saturated heterocycles. The van der Waals surface area contributed by atoms with Gasteiger partial charge >= 0.3 is 0 Å². The van der Waals surface area contributed by atoms with E-state index in [4.69, 9.17) is 4.52 Å². The molecule has 1 fully saturated rings. The molecule has 1 unspecified atom stereocenters. The molecular weight excluding hydrogens is 240 g/mol. The van der Waals surface area contributed by atoms with E-state index in [1.807, 2.05) is 19.1 Å². The summed E-state index contributed by atoms with van der Waals surface area (Å²) < 4.78 is 5.39. The summed E-state index contributed by atoms with van der Waals surface area (Å²) in [5, 5.41) is 7.50. The van der Waals surface area contributed by atoms with Gasteiger partial charge in [0.1, 0.15) is 5.69 Å². The van der Waals surface area contributed by atoms with Crippen molar-refractivity contribution in [1.29, 1.82) is 0 Å². The van der Waals surface area contributed by atoms with Gasteiger partial charge in [0, 0.05) is 6.20 Å². The van der Waals surface area contributed by atoms with Gasteiger partial charge in [0.15, 0.2) is 0 Å². The van der Waals surface area contributed by atoms with Crippen molar-refractivity contribution in [2.75, 3.05) is 6.54 Å². The number of aromatic nitrogens is 3. The second kappa shape index (κ2) is 5.48. The van der Waals surface area contributed by atoms with E-state index >= 15 is 0 Å². The van der Waals surface area contributed by atoms with Crippen LogP contribution in [0.4, 0.5) is 0 Å². The monoisotopic (exact) mass is 258 g/mol. The van der Waals surface area contributed by atoms with Crippen LogP contribution < -0.4 is 5.32 Å². The Balaban J connectivity index is 1.82. The van der Waals surface area contributed by atoms with Crippen molar-refractivity contribution in [3.8, 4) is 11.5 Å². The van der Waals surface area contributed by atoms with Crippen molar-refractivity contribution < 1.29 is 4.52 Å². The van der Waals surface area contributed by atoms with E-state index in [1.54, 1.807) is 6.20 Å². The van der Waals surface area contributed by atoms with Crippen LogP contribution in [0.2, 0.25) is 0 Å². The molecule has 0 aliphatic carbocycles. The molecule has 1 N–H and O–H groups in total. The molecule has 3 rings (SSSR count). The van der Waals surface area contributed by atoms with Crippen molar-refractivity contribution in [3.05, 3.63) is 29.8 Å². The Kier molecular flexibility index (Phi) is 3.55. The van der Waals surface area contributed by atoms with Crippen molar-refractivity contribution in [2.24, 2.45) is 0 Å². The van der Waals surface area contributed by atoms with Gasteiger partial charge in [-0.25, -0.2) is 0 Å². The predicted molar refractivity (Wildman–Crippen MR) is 71.5 cm³/mol. The lowest BCUT2D eigenvalue weighted by Crippen LogP contribution is -2.20. The van der Waals surface area contributed by atoms with E-state index in [2.05, 4.69) is 20.4 Å². The maximum absolute atomic E-state index is 5.39. The summed E-state index contributed by atoms with van der Waals surface area (Å²) in [6, 6.07) is 4.11. The Hall–Kier alpha value is -1.75. The van der Waals surface area contributed by atoms with Crippen LogP contribution in [0.3, 0.4) is 0 Å². The maximum atomic E-state index is 5.39. The zero-order valence-corrected chi connectivity index (χ0v) is 11.1. The number of nitrogens with one attached hydrogen (secondary N) is 1. The molecular formula is C14H18N4O. The van der Waals surface area contributed by atoms with Gasteiger partial charge in [-0.2, -0.15) is 4.98 Å². The van der Waals surface area contributed by atoms with Gasteiger partial charge in [-0.15, -0.1) is 0 Å². The molecule has 0 aromatic carbocycles. The molecule has 5 nitrogen and oxygen atoms in total. The van der Waals surface area contributed by atoms with E-state index in [-0.39, 0.29) is 6.04 Å². The van der Waals surface area contributed by atoms with Crippen molar-refractivity contribution in [3.63, 3.8) is 0 Å². The summed E-state index contributed by atoms with van der Waals surface area (Å²) in [4.78, 5) is 8.77. The van der Waals surface area contributed by atoms with E-state index in [9.17, 15) is 0 Å². The number of pyridine rings is 1. The van der Waals surface area contributed by atoms with E-state index in [1.165, 1.54) is 19.3 Å². The van der Waals surface area contributed by atoms with Crippen molar-refractivity contribution in [1.82, 2.24) is 20.4 Å². The third kappa shape index (κ3) is 2.81. The third-order valence-corrected chi connectivity index (χ3v) is 3.44. The first-order valence-corrected chi connectivity index (χ1v) is 6.83. The van der Waals surface area contributed by atoms with Crippen LogP contribution in [0.5, 0.6) is 0 Å². The van der Waals surface area contributed by atoms with Gasteiger partial charge in [0.05, 0.1) is 6.04 Å². The Morgan fingerprint density at radius 2 is 2.26 bits per heavy atom. The Bertz CT molecular complexity index is 544. The summed E-state index contributed by atoms with van der Waals surface area (Å²) in [6.07, 6.45) is 6.52. The zero-order chi connectivity index (χ0) is 13.1. The summed E-state index contributed by atoms with van der Waals surface area (Å²) in [5.41, 5.74) is 1.91. The highest BCUT2D eigenvalue weighted by atomic mass is 16.5. The minimum atomic E-state index is 0.188. The first-order valence-electron chi connectivity index (χ1n) is 6.83. The molecule has 2 aromatic heterocycles. The molecule has 1 atom stereocenters. The standard InChI is InChI=1S/C14H18N4O/c1-10-6-8-16-12(9-10)13-17-14(19-18-13)11-5-3-2-4-7-15-11/h6,8-9,11,15H,2-5,7H2,1H3. The molecule has 0 radical (unpaired) electrons. The summed E-state index contributed by atoms with van der Waals surface area (Å²) in [7, 11) is 0. The van der Waals surface area contributed by atoms with Crippen LogP contribution in [0.15, 0.2) is 22.9 Å². The highest BCUT2D eigenvalue weighted by Gasteiger charge is 2.20. The lowest BCUT2D eigenvalue weighted by Gasteiger charge is -2.09. The lowest BCUT2D eigenvalue weighted by molar-refractivity contribution is 0.327. The Morgan fingerprint density at radius 1 is 1.32 bits per heavy atom. The molecule has 100 valence electrons. The average Bonchev–Trinajstić information content (AvgIpc) is 2.75. The van der Waals surface area contributed by atoms with E-state index < -0.39 is 0 Å². The fourth-order valence-corrected chi connectivity index (χ4v) is 2.38. The SMILES string of the molecule is Cc1ccnc(-c2noc(C3CCCCCN3)n2)c1. The molecule has 0 amide bonds. The molecule has 0 spiro atoms. The minimum Gasteiger partial charge on any atom is -0.337 e. The van der Waals surface area contributed by atoms with Gasteiger partial charge in [0.25, 0.3) is 0 Å². The first-order chi connectivity index (χ1) is 9.33. The fourth-order valence-electron chi connectivity index (χ4n) is 2.38. The Morgan fingerprint density at radius 3 is 3.16 bits per heavy atom. The highest BCUT2D eigenvalue weighted by Crippen LogP contribution is 2.23. The maximum Gasteiger partial charge on any atom is 0.244 e. The molecule has 1 aliphatic heterocycles. The van der Waals surface area contributed by atoms with Crippen LogP contribution in [0.1, 0.15) is 43.2 Å². The van der Waals surface area contributed by atoms with Gasteiger partial charge in [-0.05, 0) is 44.0 Å². The van der Waals surface area contributed by atoms with Crippen molar-refractivity contribution >= 4 is 0 Å². The van der Waals surface area contributed by atoms with E-state index in [0.29, 0.717) is 11.7 Å². The highest BCUT2D eigenvalue weighted by molar-refractivity contribution is 5.48. The van der Waals surface area contributed by atoms with Gasteiger partial charge in [-0.3, -0.25) is 4.98 Å².